The number of carbonyl (C=O) groups excluding carboxylic acids is 2. The van der Waals surface area contributed by atoms with Gasteiger partial charge < -0.3 is 14.8 Å². The predicted octanol–water partition coefficient (Wildman–Crippen LogP) is 1.70. The van der Waals surface area contributed by atoms with E-state index in [-0.39, 0.29) is 13.2 Å². The van der Waals surface area contributed by atoms with Gasteiger partial charge in [0.1, 0.15) is 12.0 Å². The first kappa shape index (κ1) is 16.0. The maximum absolute atomic E-state index is 11.6. The molecule has 0 heterocycles. The fourth-order valence-electron chi connectivity index (χ4n) is 1.38. The Hall–Kier alpha value is -2.04. The van der Waals surface area contributed by atoms with E-state index < -0.39 is 11.9 Å². The molecule has 20 heavy (non-hydrogen) atoms. The second kappa shape index (κ2) is 8.19. The van der Waals surface area contributed by atoms with Gasteiger partial charge in [-0.25, -0.2) is 4.79 Å². The number of carbonyl (C=O) groups is 2. The van der Waals surface area contributed by atoms with E-state index in [1.165, 1.54) is 7.11 Å². The summed E-state index contributed by atoms with van der Waals surface area (Å²) in [6, 6.07) is 5.22. The van der Waals surface area contributed by atoms with Crippen molar-refractivity contribution in [2.75, 3.05) is 25.6 Å². The van der Waals surface area contributed by atoms with Crippen molar-refractivity contribution in [2.24, 2.45) is 0 Å². The first-order chi connectivity index (χ1) is 9.56. The lowest BCUT2D eigenvalue weighted by Gasteiger charge is -2.09. The fraction of sp³-hybridized carbons (Fsp3) is 0.308. The van der Waals surface area contributed by atoms with Crippen LogP contribution in [0.15, 0.2) is 23.1 Å². The van der Waals surface area contributed by atoms with Gasteiger partial charge in [-0.2, -0.15) is 5.26 Å². The molecule has 0 fully saturated rings. The minimum atomic E-state index is -0.597. The van der Waals surface area contributed by atoms with Crippen LogP contribution in [0.4, 0.5) is 5.69 Å². The van der Waals surface area contributed by atoms with Crippen LogP contribution in [0.2, 0.25) is 0 Å². The summed E-state index contributed by atoms with van der Waals surface area (Å²) in [5, 5.41) is 13.2. The number of ether oxygens (including phenoxy) is 2. The number of thioether (sulfide) groups is 1. The molecule has 7 heteroatoms. The van der Waals surface area contributed by atoms with Crippen molar-refractivity contribution in [3.63, 3.8) is 0 Å². The van der Waals surface area contributed by atoms with Crippen LogP contribution in [0.3, 0.4) is 0 Å². The highest BCUT2D eigenvalue weighted by Gasteiger charge is 2.09. The number of hydrogen-bond donors (Lipinski definition) is 1. The number of rotatable bonds is 6. The molecule has 6 nitrogen and oxygen atoms in total. The van der Waals surface area contributed by atoms with E-state index in [0.29, 0.717) is 5.69 Å². The number of anilines is 1. The summed E-state index contributed by atoms with van der Waals surface area (Å²) in [4.78, 5) is 23.4. The van der Waals surface area contributed by atoms with E-state index >= 15 is 0 Å². The zero-order chi connectivity index (χ0) is 15.0. The van der Waals surface area contributed by atoms with Crippen LogP contribution in [0.1, 0.15) is 5.56 Å². The zero-order valence-corrected chi connectivity index (χ0v) is 12.0. The summed E-state index contributed by atoms with van der Waals surface area (Å²) in [7, 11) is 1.37. The molecule has 1 amide bonds. The average molecular weight is 294 g/mol. The van der Waals surface area contributed by atoms with Gasteiger partial charge in [-0.15, -0.1) is 0 Å². The molecule has 0 aliphatic carbocycles. The number of hydrogen-bond acceptors (Lipinski definition) is 6. The second-order valence-corrected chi connectivity index (χ2v) is 4.67. The minimum absolute atomic E-state index is 0.188. The van der Waals surface area contributed by atoms with E-state index in [1.54, 1.807) is 18.2 Å². The molecular formula is C13H14N2O4S. The Bertz CT molecular complexity index is 540. The van der Waals surface area contributed by atoms with Gasteiger partial charge in [-0.3, -0.25) is 4.79 Å². The molecule has 106 valence electrons. The lowest BCUT2D eigenvalue weighted by atomic mass is 10.2. The Morgan fingerprint density at radius 2 is 2.15 bits per heavy atom. The molecule has 0 aliphatic heterocycles. The van der Waals surface area contributed by atoms with Gasteiger partial charge in [0, 0.05) is 17.7 Å². The maximum Gasteiger partial charge on any atom is 0.332 e. The highest BCUT2D eigenvalue weighted by Crippen LogP contribution is 2.23. The molecule has 0 aromatic heterocycles. The number of methoxy groups -OCH3 is 1. The SMILES string of the molecule is COCC(=O)OCC(=O)Nc1ccc(SC#N)cc1C. The molecule has 1 aromatic rings. The highest BCUT2D eigenvalue weighted by molar-refractivity contribution is 8.03. The molecular weight excluding hydrogens is 280 g/mol. The van der Waals surface area contributed by atoms with Crippen molar-refractivity contribution in [1.82, 2.24) is 0 Å². The van der Waals surface area contributed by atoms with Crippen LogP contribution in [-0.4, -0.2) is 32.2 Å². The van der Waals surface area contributed by atoms with Gasteiger partial charge >= 0.3 is 5.97 Å². The summed E-state index contributed by atoms with van der Waals surface area (Å²) < 4.78 is 9.27. The van der Waals surface area contributed by atoms with Crippen LogP contribution in [0.5, 0.6) is 0 Å². The normalized spacial score (nSPS) is 9.65. The van der Waals surface area contributed by atoms with E-state index in [0.717, 1.165) is 22.2 Å². The molecule has 1 rings (SSSR count). The minimum Gasteiger partial charge on any atom is -0.454 e. The Kier molecular flexibility index (Phi) is 6.56. The van der Waals surface area contributed by atoms with E-state index in [9.17, 15) is 9.59 Å². The molecule has 0 atom stereocenters. The van der Waals surface area contributed by atoms with Crippen LogP contribution >= 0.6 is 11.8 Å². The molecule has 0 aliphatic rings. The smallest absolute Gasteiger partial charge is 0.332 e. The van der Waals surface area contributed by atoms with E-state index in [2.05, 4.69) is 10.1 Å². The third-order valence-electron chi connectivity index (χ3n) is 2.26. The average Bonchev–Trinajstić information content (AvgIpc) is 2.40. The lowest BCUT2D eigenvalue weighted by Crippen LogP contribution is -2.22. The molecule has 0 saturated heterocycles. The van der Waals surface area contributed by atoms with Crippen LogP contribution in [-0.2, 0) is 19.1 Å². The fourth-order valence-corrected chi connectivity index (χ4v) is 1.86. The standard InChI is InChI=1S/C13H14N2O4S/c1-9-5-10(20-8-14)3-4-11(9)15-12(16)6-19-13(17)7-18-2/h3-5H,6-7H2,1-2H3,(H,15,16). The summed E-state index contributed by atoms with van der Waals surface area (Å²) in [5.41, 5.74) is 1.43. The number of thiocyanates is 1. The molecule has 0 spiro atoms. The number of nitrogens with zero attached hydrogens (tertiary/aromatic N) is 1. The first-order valence-corrected chi connectivity index (χ1v) is 6.49. The maximum atomic E-state index is 11.6. The number of amides is 1. The van der Waals surface area contributed by atoms with Crippen LogP contribution in [0, 0.1) is 17.6 Å². The molecule has 1 aromatic carbocycles. The monoisotopic (exact) mass is 294 g/mol. The van der Waals surface area contributed by atoms with Crippen molar-refractivity contribution >= 4 is 29.3 Å². The van der Waals surface area contributed by atoms with E-state index in [4.69, 9.17) is 10.00 Å². The predicted molar refractivity (Wildman–Crippen MR) is 74.1 cm³/mol. The molecule has 0 unspecified atom stereocenters. The zero-order valence-electron chi connectivity index (χ0n) is 11.1. The summed E-state index contributed by atoms with van der Waals surface area (Å²) in [6.45, 7) is 1.26. The third kappa shape index (κ3) is 5.30. The van der Waals surface area contributed by atoms with Crippen LogP contribution < -0.4 is 5.32 Å². The molecule has 0 saturated carbocycles. The lowest BCUT2D eigenvalue weighted by molar-refractivity contribution is -0.150. The number of aryl methyl sites for hydroxylation is 1. The van der Waals surface area contributed by atoms with Gasteiger partial charge in [-0.1, -0.05) is 0 Å². The second-order valence-electron chi connectivity index (χ2n) is 3.81. The van der Waals surface area contributed by atoms with E-state index in [1.807, 2.05) is 12.3 Å². The first-order valence-electron chi connectivity index (χ1n) is 5.67. The summed E-state index contributed by atoms with van der Waals surface area (Å²) in [6.07, 6.45) is 0. The Balaban J connectivity index is 2.54. The van der Waals surface area contributed by atoms with Crippen molar-refractivity contribution in [3.05, 3.63) is 23.8 Å². The van der Waals surface area contributed by atoms with Gasteiger partial charge in [0.05, 0.1) is 0 Å². The quantitative estimate of drug-likeness (QED) is 0.488. The summed E-state index contributed by atoms with van der Waals surface area (Å²) in [5.74, 6) is -1.03. The number of benzene rings is 1. The Labute approximate surface area is 121 Å². The third-order valence-corrected chi connectivity index (χ3v) is 2.84. The van der Waals surface area contributed by atoms with Crippen molar-refractivity contribution in [3.8, 4) is 5.40 Å². The van der Waals surface area contributed by atoms with Gasteiger partial charge in [0.25, 0.3) is 5.91 Å². The molecule has 0 bridgehead atoms. The number of nitrogens with one attached hydrogen (secondary N) is 1. The summed E-state index contributed by atoms with van der Waals surface area (Å²) >= 11 is 1.05. The molecule has 1 N–H and O–H groups in total. The topological polar surface area (TPSA) is 88.4 Å². The highest BCUT2D eigenvalue weighted by atomic mass is 32.2. The van der Waals surface area contributed by atoms with Crippen LogP contribution in [0.25, 0.3) is 0 Å². The van der Waals surface area contributed by atoms with Crippen molar-refractivity contribution in [1.29, 1.82) is 5.26 Å². The number of esters is 1. The van der Waals surface area contributed by atoms with Gasteiger partial charge in [-0.05, 0) is 42.4 Å². The van der Waals surface area contributed by atoms with Crippen molar-refractivity contribution < 1.29 is 19.1 Å². The van der Waals surface area contributed by atoms with Gasteiger partial charge in [0.15, 0.2) is 6.61 Å². The number of nitriles is 1. The molecule has 0 radical (unpaired) electrons. The Morgan fingerprint density at radius 1 is 1.40 bits per heavy atom. The van der Waals surface area contributed by atoms with Gasteiger partial charge in [0.2, 0.25) is 0 Å². The Morgan fingerprint density at radius 3 is 2.75 bits per heavy atom. The largest absolute Gasteiger partial charge is 0.454 e. The van der Waals surface area contributed by atoms with Crippen molar-refractivity contribution in [2.45, 2.75) is 11.8 Å².